The van der Waals surface area contributed by atoms with Crippen LogP contribution in [0.3, 0.4) is 0 Å². The first-order valence-corrected chi connectivity index (χ1v) is 5.67. The molecule has 96 valence electrons. The molecule has 0 aliphatic rings. The van der Waals surface area contributed by atoms with Crippen molar-refractivity contribution in [2.75, 3.05) is 0 Å². The number of halogens is 1. The smallest absolute Gasteiger partial charge is 0.335 e. The summed E-state index contributed by atoms with van der Waals surface area (Å²) in [5.74, 6) is -1.63. The molecule has 19 heavy (non-hydrogen) atoms. The van der Waals surface area contributed by atoms with Crippen LogP contribution in [0.2, 0.25) is 0 Å². The molecule has 4 heteroatoms. The minimum Gasteiger partial charge on any atom is -0.478 e. The number of carboxylic acid groups (broad SMARTS) is 1. The number of carbonyl (C=O) groups is 2. The highest BCUT2D eigenvalue weighted by atomic mass is 19.1. The zero-order valence-corrected chi connectivity index (χ0v) is 9.97. The van der Waals surface area contributed by atoms with Gasteiger partial charge >= 0.3 is 5.97 Å². The third-order valence-electron chi connectivity index (χ3n) is 2.71. The third kappa shape index (κ3) is 3.25. The molecule has 2 aromatic rings. The van der Waals surface area contributed by atoms with Crippen LogP contribution in [0.25, 0.3) is 0 Å². The minimum atomic E-state index is -1.07. The first kappa shape index (κ1) is 13.0. The maximum absolute atomic E-state index is 12.7. The Morgan fingerprint density at radius 3 is 2.26 bits per heavy atom. The van der Waals surface area contributed by atoms with Crippen molar-refractivity contribution in [3.8, 4) is 0 Å². The Bertz CT molecular complexity index is 618. The molecule has 0 aliphatic carbocycles. The standard InChI is InChI=1S/C15H11FO3/c16-13-6-4-10(5-7-13)8-14(17)11-2-1-3-12(9-11)15(18)19/h1-7,9H,8H2,(H,18,19). The fraction of sp³-hybridized carbons (Fsp3) is 0.0667. The zero-order valence-electron chi connectivity index (χ0n) is 9.97. The highest BCUT2D eigenvalue weighted by molar-refractivity contribution is 5.99. The molecule has 0 bridgehead atoms. The minimum absolute atomic E-state index is 0.0740. The summed E-state index contributed by atoms with van der Waals surface area (Å²) >= 11 is 0. The van der Waals surface area contributed by atoms with Crippen molar-refractivity contribution in [3.63, 3.8) is 0 Å². The Balaban J connectivity index is 2.18. The molecule has 3 nitrogen and oxygen atoms in total. The number of ketones is 1. The van der Waals surface area contributed by atoms with E-state index < -0.39 is 5.97 Å². The predicted octanol–water partition coefficient (Wildman–Crippen LogP) is 2.95. The van der Waals surface area contributed by atoms with E-state index in [0.29, 0.717) is 11.1 Å². The van der Waals surface area contributed by atoms with Crippen LogP contribution >= 0.6 is 0 Å². The third-order valence-corrected chi connectivity index (χ3v) is 2.71. The van der Waals surface area contributed by atoms with Gasteiger partial charge in [0.05, 0.1) is 5.56 Å². The van der Waals surface area contributed by atoms with Gasteiger partial charge in [0.1, 0.15) is 5.82 Å². The largest absolute Gasteiger partial charge is 0.478 e. The molecule has 0 saturated carbocycles. The lowest BCUT2D eigenvalue weighted by atomic mass is 10.0. The molecule has 0 atom stereocenters. The van der Waals surface area contributed by atoms with Crippen molar-refractivity contribution in [1.29, 1.82) is 0 Å². The molecular weight excluding hydrogens is 247 g/mol. The lowest BCUT2D eigenvalue weighted by Crippen LogP contribution is -2.05. The van der Waals surface area contributed by atoms with Crippen LogP contribution in [0.15, 0.2) is 48.5 Å². The Morgan fingerprint density at radius 2 is 1.63 bits per heavy atom. The van der Waals surface area contributed by atoms with Crippen LogP contribution in [0.4, 0.5) is 4.39 Å². The van der Waals surface area contributed by atoms with Crippen LogP contribution in [0.1, 0.15) is 26.3 Å². The van der Waals surface area contributed by atoms with Gasteiger partial charge in [-0.05, 0) is 29.8 Å². The number of rotatable bonds is 4. The average molecular weight is 258 g/mol. The van der Waals surface area contributed by atoms with Gasteiger partial charge in [0.25, 0.3) is 0 Å². The van der Waals surface area contributed by atoms with Crippen LogP contribution in [-0.2, 0) is 6.42 Å². The summed E-state index contributed by atoms with van der Waals surface area (Å²) in [6.07, 6.45) is 0.114. The van der Waals surface area contributed by atoms with Crippen molar-refractivity contribution >= 4 is 11.8 Å². The molecule has 2 aromatic carbocycles. The number of Topliss-reactive ketones (excluding diaryl/α,β-unsaturated/α-hetero) is 1. The summed E-state index contributed by atoms with van der Waals surface area (Å²) in [6.45, 7) is 0. The van der Waals surface area contributed by atoms with E-state index in [0.717, 1.165) is 0 Å². The topological polar surface area (TPSA) is 54.4 Å². The molecule has 0 unspecified atom stereocenters. The first-order chi connectivity index (χ1) is 9.06. The molecule has 0 heterocycles. The van der Waals surface area contributed by atoms with E-state index in [1.165, 1.54) is 42.5 Å². The summed E-state index contributed by atoms with van der Waals surface area (Å²) in [5, 5.41) is 8.86. The Morgan fingerprint density at radius 1 is 1.00 bits per heavy atom. The Labute approximate surface area is 109 Å². The van der Waals surface area contributed by atoms with Gasteiger partial charge in [0, 0.05) is 12.0 Å². The van der Waals surface area contributed by atoms with E-state index in [1.54, 1.807) is 6.07 Å². The second-order valence-corrected chi connectivity index (χ2v) is 4.11. The van der Waals surface area contributed by atoms with E-state index in [9.17, 15) is 14.0 Å². The second kappa shape index (κ2) is 5.44. The van der Waals surface area contributed by atoms with Crippen molar-refractivity contribution < 1.29 is 19.1 Å². The van der Waals surface area contributed by atoms with Crippen LogP contribution < -0.4 is 0 Å². The van der Waals surface area contributed by atoms with Crippen LogP contribution in [0, 0.1) is 5.82 Å². The quantitative estimate of drug-likeness (QED) is 0.858. The Kier molecular flexibility index (Phi) is 3.71. The van der Waals surface area contributed by atoms with Crippen molar-refractivity contribution in [2.24, 2.45) is 0 Å². The number of aromatic carboxylic acids is 1. The molecular formula is C15H11FO3. The Hall–Kier alpha value is -2.49. The molecule has 1 N–H and O–H groups in total. The molecule has 0 aliphatic heterocycles. The normalized spacial score (nSPS) is 10.2. The number of benzene rings is 2. The highest BCUT2D eigenvalue weighted by Crippen LogP contribution is 2.11. The molecule has 2 rings (SSSR count). The summed E-state index contributed by atoms with van der Waals surface area (Å²) in [4.78, 5) is 22.8. The first-order valence-electron chi connectivity index (χ1n) is 5.67. The summed E-state index contributed by atoms with van der Waals surface area (Å²) in [6, 6.07) is 11.5. The van der Waals surface area contributed by atoms with E-state index in [2.05, 4.69) is 0 Å². The molecule has 0 fully saturated rings. The molecule has 0 amide bonds. The van der Waals surface area contributed by atoms with Gasteiger partial charge in [-0.15, -0.1) is 0 Å². The number of hydrogen-bond acceptors (Lipinski definition) is 2. The fourth-order valence-corrected chi connectivity index (χ4v) is 1.72. The number of carbonyl (C=O) groups excluding carboxylic acids is 1. The van der Waals surface area contributed by atoms with Gasteiger partial charge < -0.3 is 5.11 Å². The summed E-state index contributed by atoms with van der Waals surface area (Å²) < 4.78 is 12.7. The van der Waals surface area contributed by atoms with E-state index in [1.807, 2.05) is 0 Å². The van der Waals surface area contributed by atoms with Crippen LogP contribution in [-0.4, -0.2) is 16.9 Å². The number of hydrogen-bond donors (Lipinski definition) is 1. The SMILES string of the molecule is O=C(O)c1cccc(C(=O)Cc2ccc(F)cc2)c1. The monoisotopic (exact) mass is 258 g/mol. The average Bonchev–Trinajstić information content (AvgIpc) is 2.41. The van der Waals surface area contributed by atoms with Gasteiger partial charge in [-0.2, -0.15) is 0 Å². The van der Waals surface area contributed by atoms with E-state index >= 15 is 0 Å². The number of carboxylic acids is 1. The molecule has 0 saturated heterocycles. The van der Waals surface area contributed by atoms with Crippen LogP contribution in [0.5, 0.6) is 0 Å². The lowest BCUT2D eigenvalue weighted by Gasteiger charge is -2.03. The molecule has 0 radical (unpaired) electrons. The fourth-order valence-electron chi connectivity index (χ4n) is 1.72. The summed E-state index contributed by atoms with van der Waals surface area (Å²) in [7, 11) is 0. The molecule has 0 aromatic heterocycles. The zero-order chi connectivity index (χ0) is 13.8. The van der Waals surface area contributed by atoms with Gasteiger partial charge in [0.2, 0.25) is 0 Å². The predicted molar refractivity (Wildman–Crippen MR) is 67.8 cm³/mol. The van der Waals surface area contributed by atoms with Gasteiger partial charge in [0.15, 0.2) is 5.78 Å². The van der Waals surface area contributed by atoms with Gasteiger partial charge in [-0.25, -0.2) is 9.18 Å². The maximum Gasteiger partial charge on any atom is 0.335 e. The van der Waals surface area contributed by atoms with Gasteiger partial charge in [-0.3, -0.25) is 4.79 Å². The van der Waals surface area contributed by atoms with Gasteiger partial charge in [-0.1, -0.05) is 24.3 Å². The van der Waals surface area contributed by atoms with Crippen molar-refractivity contribution in [1.82, 2.24) is 0 Å². The highest BCUT2D eigenvalue weighted by Gasteiger charge is 2.10. The maximum atomic E-state index is 12.7. The van der Waals surface area contributed by atoms with Crippen molar-refractivity contribution in [2.45, 2.75) is 6.42 Å². The molecule has 0 spiro atoms. The lowest BCUT2D eigenvalue weighted by molar-refractivity contribution is 0.0697. The van der Waals surface area contributed by atoms with E-state index in [4.69, 9.17) is 5.11 Å². The summed E-state index contributed by atoms with van der Waals surface area (Å²) in [5.41, 5.74) is 1.10. The van der Waals surface area contributed by atoms with Crippen molar-refractivity contribution in [3.05, 3.63) is 71.0 Å². The second-order valence-electron chi connectivity index (χ2n) is 4.11. The van der Waals surface area contributed by atoms with E-state index in [-0.39, 0.29) is 23.6 Å².